The van der Waals surface area contributed by atoms with Gasteiger partial charge in [-0.3, -0.25) is 14.4 Å². The van der Waals surface area contributed by atoms with Crippen LogP contribution < -0.4 is 10.6 Å². The fourth-order valence-electron chi connectivity index (χ4n) is 5.10. The van der Waals surface area contributed by atoms with Crippen LogP contribution in [0.15, 0.2) is 42.5 Å². The third-order valence-corrected chi connectivity index (χ3v) is 8.12. The van der Waals surface area contributed by atoms with Crippen molar-refractivity contribution in [1.82, 2.24) is 5.32 Å². The number of anilines is 1. The highest BCUT2D eigenvalue weighted by Crippen LogP contribution is 2.43. The van der Waals surface area contributed by atoms with E-state index in [-0.39, 0.29) is 42.0 Å². The van der Waals surface area contributed by atoms with Crippen molar-refractivity contribution in [2.75, 3.05) is 11.9 Å². The molecule has 8 heteroatoms. The van der Waals surface area contributed by atoms with Crippen LogP contribution in [0, 0.1) is 23.2 Å². The fraction of sp³-hybridized carbons (Fsp3) is 0.483. The van der Waals surface area contributed by atoms with Gasteiger partial charge in [0.2, 0.25) is 5.91 Å². The molecule has 0 bridgehead atoms. The second-order valence-corrected chi connectivity index (χ2v) is 11.8. The first kappa shape index (κ1) is 29.0. The zero-order valence-corrected chi connectivity index (χ0v) is 23.2. The second kappa shape index (κ2) is 12.8. The van der Waals surface area contributed by atoms with Gasteiger partial charge >= 0.3 is 5.97 Å². The number of halogens is 2. The average Bonchev–Trinajstić information content (AvgIpc) is 2.84. The summed E-state index contributed by atoms with van der Waals surface area (Å²) in [6.45, 7) is 6.92. The molecule has 0 aliphatic heterocycles. The average molecular weight is 548 g/mol. The van der Waals surface area contributed by atoms with Gasteiger partial charge in [-0.2, -0.15) is 0 Å². The first-order valence-corrected chi connectivity index (χ1v) is 13.5. The Labute approximate surface area is 229 Å². The molecule has 0 aromatic heterocycles. The molecule has 0 radical (unpaired) electrons. The Bertz CT molecular complexity index is 1100. The molecular weight excluding hydrogens is 511 g/mol. The quantitative estimate of drug-likeness (QED) is 0.320. The lowest BCUT2D eigenvalue weighted by Crippen LogP contribution is -2.35. The molecule has 3 N–H and O–H groups in total. The normalized spacial score (nSPS) is 18.6. The number of carboxylic acids is 1. The number of carbonyl (C=O) groups is 3. The van der Waals surface area contributed by atoms with E-state index >= 15 is 0 Å². The van der Waals surface area contributed by atoms with E-state index < -0.39 is 5.97 Å². The predicted octanol–water partition coefficient (Wildman–Crippen LogP) is 6.85. The van der Waals surface area contributed by atoms with E-state index in [4.69, 9.17) is 28.3 Å². The van der Waals surface area contributed by atoms with Crippen LogP contribution in [0.2, 0.25) is 10.0 Å². The van der Waals surface area contributed by atoms with Crippen molar-refractivity contribution in [2.45, 2.75) is 59.3 Å². The lowest BCUT2D eigenvalue weighted by atomic mass is 9.66. The molecule has 1 aliphatic carbocycles. The smallest absolute Gasteiger partial charge is 0.305 e. The van der Waals surface area contributed by atoms with Gasteiger partial charge in [-0.15, -0.1) is 0 Å². The van der Waals surface area contributed by atoms with Crippen molar-refractivity contribution in [1.29, 1.82) is 0 Å². The monoisotopic (exact) mass is 546 g/mol. The molecule has 1 saturated carbocycles. The summed E-state index contributed by atoms with van der Waals surface area (Å²) in [6, 6.07) is 12.2. The molecule has 1 unspecified atom stereocenters. The molecular formula is C29H36Cl2N2O4. The molecule has 200 valence electrons. The lowest BCUT2D eigenvalue weighted by Gasteiger charge is -2.39. The molecule has 2 amide bonds. The molecule has 37 heavy (non-hydrogen) atoms. The molecule has 2 aromatic rings. The highest BCUT2D eigenvalue weighted by Gasteiger charge is 2.35. The lowest BCUT2D eigenvalue weighted by molar-refractivity contribution is -0.136. The molecule has 1 fully saturated rings. The molecule has 0 saturated heterocycles. The van der Waals surface area contributed by atoms with E-state index in [1.54, 1.807) is 30.3 Å². The van der Waals surface area contributed by atoms with Crippen molar-refractivity contribution in [3.63, 3.8) is 0 Å². The zero-order chi connectivity index (χ0) is 27.2. The van der Waals surface area contributed by atoms with E-state index in [1.165, 1.54) is 0 Å². The van der Waals surface area contributed by atoms with E-state index in [0.29, 0.717) is 33.6 Å². The topological polar surface area (TPSA) is 95.5 Å². The van der Waals surface area contributed by atoms with Crippen molar-refractivity contribution >= 4 is 46.7 Å². The van der Waals surface area contributed by atoms with Gasteiger partial charge in [-0.25, -0.2) is 0 Å². The number of hydrogen-bond acceptors (Lipinski definition) is 3. The maximum atomic E-state index is 13.5. The molecule has 1 aliphatic rings. The molecule has 6 nitrogen and oxygen atoms in total. The van der Waals surface area contributed by atoms with Crippen LogP contribution in [0.1, 0.15) is 68.8 Å². The van der Waals surface area contributed by atoms with Crippen LogP contribution in [-0.2, 0) is 16.0 Å². The summed E-state index contributed by atoms with van der Waals surface area (Å²) in [5.41, 5.74) is 2.29. The van der Waals surface area contributed by atoms with Crippen molar-refractivity contribution in [2.24, 2.45) is 23.2 Å². The molecule has 2 aromatic carbocycles. The van der Waals surface area contributed by atoms with Gasteiger partial charge in [-0.1, -0.05) is 56.1 Å². The number of hydrogen-bond donors (Lipinski definition) is 3. The number of aliphatic carboxylic acids is 1. The van der Waals surface area contributed by atoms with E-state index in [1.807, 2.05) is 12.1 Å². The largest absolute Gasteiger partial charge is 0.481 e. The SMILES string of the molecule is CC(C)(C)C1CCC(C(Cc2ccc(C(=O)NCCC(=O)O)cc2)C(=O)Nc2ccc(Cl)c(Cl)c2)CC1. The first-order valence-electron chi connectivity index (χ1n) is 12.8. The number of carboxylic acid groups (broad SMARTS) is 1. The first-order chi connectivity index (χ1) is 17.4. The van der Waals surface area contributed by atoms with Crippen LogP contribution in [0.3, 0.4) is 0 Å². The fourth-order valence-corrected chi connectivity index (χ4v) is 5.40. The number of carbonyl (C=O) groups excluding carboxylic acids is 2. The van der Waals surface area contributed by atoms with Crippen LogP contribution in [0.5, 0.6) is 0 Å². The second-order valence-electron chi connectivity index (χ2n) is 11.0. The van der Waals surface area contributed by atoms with E-state index in [9.17, 15) is 14.4 Å². The van der Waals surface area contributed by atoms with Crippen LogP contribution in [0.25, 0.3) is 0 Å². The Balaban J connectivity index is 1.73. The Kier molecular flexibility index (Phi) is 10.0. The van der Waals surface area contributed by atoms with Crippen LogP contribution in [-0.4, -0.2) is 29.4 Å². The number of rotatable bonds is 9. The Morgan fingerprint density at radius 2 is 1.62 bits per heavy atom. The third kappa shape index (κ3) is 8.47. The Morgan fingerprint density at radius 3 is 2.19 bits per heavy atom. The van der Waals surface area contributed by atoms with Gasteiger partial charge in [0.05, 0.1) is 16.5 Å². The highest BCUT2D eigenvalue weighted by molar-refractivity contribution is 6.42. The summed E-state index contributed by atoms with van der Waals surface area (Å²) >= 11 is 12.2. The summed E-state index contributed by atoms with van der Waals surface area (Å²) in [5, 5.41) is 15.2. The van der Waals surface area contributed by atoms with E-state index in [2.05, 4.69) is 31.4 Å². The maximum Gasteiger partial charge on any atom is 0.305 e. The van der Waals surface area contributed by atoms with Crippen LogP contribution >= 0.6 is 23.2 Å². The Hall–Kier alpha value is -2.57. The van der Waals surface area contributed by atoms with Gasteiger partial charge in [-0.05, 0) is 85.3 Å². The number of benzene rings is 2. The van der Waals surface area contributed by atoms with Gasteiger partial charge < -0.3 is 15.7 Å². The summed E-state index contributed by atoms with van der Waals surface area (Å²) in [6.07, 6.45) is 4.60. The van der Waals surface area contributed by atoms with Gasteiger partial charge in [0.25, 0.3) is 5.91 Å². The van der Waals surface area contributed by atoms with Gasteiger partial charge in [0.15, 0.2) is 0 Å². The number of amides is 2. The summed E-state index contributed by atoms with van der Waals surface area (Å²) in [7, 11) is 0. The molecule has 3 rings (SSSR count). The van der Waals surface area contributed by atoms with Gasteiger partial charge in [0, 0.05) is 23.7 Å². The standard InChI is InChI=1S/C29H36Cl2N2O4/c1-29(2,3)21-10-8-19(9-11-21)23(28(37)33-22-12-13-24(30)25(31)17-22)16-18-4-6-20(7-5-18)27(36)32-15-14-26(34)35/h4-7,12-13,17,19,21,23H,8-11,14-16H2,1-3H3,(H,32,36)(H,33,37)(H,34,35). The van der Waals surface area contributed by atoms with Crippen molar-refractivity contribution in [3.8, 4) is 0 Å². The minimum Gasteiger partial charge on any atom is -0.481 e. The third-order valence-electron chi connectivity index (χ3n) is 7.39. The zero-order valence-electron chi connectivity index (χ0n) is 21.7. The highest BCUT2D eigenvalue weighted by atomic mass is 35.5. The summed E-state index contributed by atoms with van der Waals surface area (Å²) in [5.74, 6) is -0.667. The summed E-state index contributed by atoms with van der Waals surface area (Å²) < 4.78 is 0. The molecule has 0 heterocycles. The van der Waals surface area contributed by atoms with Crippen molar-refractivity contribution in [3.05, 3.63) is 63.6 Å². The van der Waals surface area contributed by atoms with E-state index in [0.717, 1.165) is 31.2 Å². The van der Waals surface area contributed by atoms with Crippen LogP contribution in [0.4, 0.5) is 5.69 Å². The minimum atomic E-state index is -0.961. The number of nitrogens with one attached hydrogen (secondary N) is 2. The van der Waals surface area contributed by atoms with Gasteiger partial charge in [0.1, 0.15) is 0 Å². The molecule has 1 atom stereocenters. The summed E-state index contributed by atoms with van der Waals surface area (Å²) in [4.78, 5) is 36.5. The predicted molar refractivity (Wildman–Crippen MR) is 148 cm³/mol. The molecule has 0 spiro atoms. The Morgan fingerprint density at radius 1 is 0.973 bits per heavy atom. The minimum absolute atomic E-state index is 0.0481. The maximum absolute atomic E-state index is 13.5. The van der Waals surface area contributed by atoms with Crippen molar-refractivity contribution < 1.29 is 19.5 Å².